The Kier molecular flexibility index (Phi) is 3.64. The molecule has 0 saturated carbocycles. The SMILES string of the molecule is NCc1cccc(NCC(F)F)c1. The second-order valence-electron chi connectivity index (χ2n) is 2.68. The van der Waals surface area contributed by atoms with Crippen molar-refractivity contribution in [3.63, 3.8) is 0 Å². The Morgan fingerprint density at radius 1 is 1.38 bits per heavy atom. The number of hydrogen-bond donors (Lipinski definition) is 2. The Balaban J connectivity index is 2.56. The number of nitrogens with two attached hydrogens (primary N) is 1. The van der Waals surface area contributed by atoms with E-state index in [9.17, 15) is 8.78 Å². The fourth-order valence-corrected chi connectivity index (χ4v) is 1.00. The largest absolute Gasteiger partial charge is 0.379 e. The second-order valence-corrected chi connectivity index (χ2v) is 2.68. The van der Waals surface area contributed by atoms with Crippen LogP contribution in [0.1, 0.15) is 5.56 Å². The second kappa shape index (κ2) is 4.77. The Bertz CT molecular complexity index is 264. The molecule has 0 atom stereocenters. The zero-order valence-electron chi connectivity index (χ0n) is 7.13. The normalized spacial score (nSPS) is 10.5. The van der Waals surface area contributed by atoms with Gasteiger partial charge in [-0.05, 0) is 17.7 Å². The number of rotatable bonds is 4. The summed E-state index contributed by atoms with van der Waals surface area (Å²) in [6, 6.07) is 7.15. The molecule has 72 valence electrons. The van der Waals surface area contributed by atoms with Gasteiger partial charge in [-0.3, -0.25) is 0 Å². The van der Waals surface area contributed by atoms with Gasteiger partial charge >= 0.3 is 0 Å². The summed E-state index contributed by atoms with van der Waals surface area (Å²) >= 11 is 0. The molecule has 0 aromatic heterocycles. The smallest absolute Gasteiger partial charge is 0.255 e. The maximum Gasteiger partial charge on any atom is 0.255 e. The Morgan fingerprint density at radius 3 is 2.77 bits per heavy atom. The number of alkyl halides is 2. The quantitative estimate of drug-likeness (QED) is 0.752. The monoisotopic (exact) mass is 186 g/mol. The lowest BCUT2D eigenvalue weighted by atomic mass is 10.2. The molecule has 4 heteroatoms. The van der Waals surface area contributed by atoms with Crippen molar-refractivity contribution in [1.29, 1.82) is 0 Å². The molecule has 0 radical (unpaired) electrons. The highest BCUT2D eigenvalue weighted by molar-refractivity contribution is 5.45. The first-order valence-electron chi connectivity index (χ1n) is 4.03. The van der Waals surface area contributed by atoms with Gasteiger partial charge in [-0.1, -0.05) is 12.1 Å². The van der Waals surface area contributed by atoms with Gasteiger partial charge in [-0.2, -0.15) is 0 Å². The highest BCUT2D eigenvalue weighted by Crippen LogP contribution is 2.10. The van der Waals surface area contributed by atoms with E-state index in [1.54, 1.807) is 18.2 Å². The first-order valence-corrected chi connectivity index (χ1v) is 4.03. The van der Waals surface area contributed by atoms with E-state index < -0.39 is 6.43 Å². The molecule has 0 heterocycles. The van der Waals surface area contributed by atoms with Crippen molar-refractivity contribution in [1.82, 2.24) is 0 Å². The van der Waals surface area contributed by atoms with Gasteiger partial charge in [0.05, 0.1) is 6.54 Å². The van der Waals surface area contributed by atoms with Crippen LogP contribution in [0.25, 0.3) is 0 Å². The summed E-state index contributed by atoms with van der Waals surface area (Å²) in [6.07, 6.45) is -2.33. The summed E-state index contributed by atoms with van der Waals surface area (Å²) in [4.78, 5) is 0. The van der Waals surface area contributed by atoms with Crippen LogP contribution in [0.4, 0.5) is 14.5 Å². The Hall–Kier alpha value is -1.16. The zero-order valence-corrected chi connectivity index (χ0v) is 7.13. The van der Waals surface area contributed by atoms with E-state index in [1.807, 2.05) is 6.07 Å². The van der Waals surface area contributed by atoms with Crippen molar-refractivity contribution in [2.24, 2.45) is 5.73 Å². The van der Waals surface area contributed by atoms with Crippen LogP contribution in [0.5, 0.6) is 0 Å². The predicted molar refractivity (Wildman–Crippen MR) is 48.8 cm³/mol. The van der Waals surface area contributed by atoms with Gasteiger partial charge in [0, 0.05) is 12.2 Å². The van der Waals surface area contributed by atoms with Gasteiger partial charge in [0.2, 0.25) is 0 Å². The number of nitrogens with one attached hydrogen (secondary N) is 1. The van der Waals surface area contributed by atoms with E-state index in [4.69, 9.17) is 5.73 Å². The molecule has 0 spiro atoms. The van der Waals surface area contributed by atoms with Crippen LogP contribution >= 0.6 is 0 Å². The van der Waals surface area contributed by atoms with Gasteiger partial charge in [0.1, 0.15) is 0 Å². The predicted octanol–water partition coefficient (Wildman–Crippen LogP) is 1.82. The molecule has 0 bridgehead atoms. The molecule has 0 amide bonds. The summed E-state index contributed by atoms with van der Waals surface area (Å²) < 4.78 is 23.6. The first kappa shape index (κ1) is 9.92. The van der Waals surface area contributed by atoms with E-state index in [1.165, 1.54) is 0 Å². The van der Waals surface area contributed by atoms with Gasteiger partial charge < -0.3 is 11.1 Å². The molecule has 0 aliphatic heterocycles. The van der Waals surface area contributed by atoms with Crippen molar-refractivity contribution in [2.75, 3.05) is 11.9 Å². The van der Waals surface area contributed by atoms with Gasteiger partial charge in [-0.15, -0.1) is 0 Å². The molecule has 0 aliphatic carbocycles. The van der Waals surface area contributed by atoms with Crippen LogP contribution in [0, 0.1) is 0 Å². The van der Waals surface area contributed by atoms with E-state index >= 15 is 0 Å². The molecule has 0 unspecified atom stereocenters. The molecule has 1 aromatic rings. The van der Waals surface area contributed by atoms with Gasteiger partial charge in [-0.25, -0.2) is 8.78 Å². The van der Waals surface area contributed by atoms with E-state index in [0.717, 1.165) is 5.56 Å². The van der Waals surface area contributed by atoms with E-state index in [2.05, 4.69) is 5.32 Å². The minimum atomic E-state index is -2.33. The summed E-state index contributed by atoms with van der Waals surface area (Å²) in [5.41, 5.74) is 7.01. The Morgan fingerprint density at radius 2 is 2.15 bits per heavy atom. The van der Waals surface area contributed by atoms with Crippen LogP contribution < -0.4 is 11.1 Å². The fourth-order valence-electron chi connectivity index (χ4n) is 1.00. The van der Waals surface area contributed by atoms with Crippen molar-refractivity contribution in [3.8, 4) is 0 Å². The third-order valence-corrected chi connectivity index (χ3v) is 1.62. The summed E-state index contributed by atoms with van der Waals surface area (Å²) in [5.74, 6) is 0. The summed E-state index contributed by atoms with van der Waals surface area (Å²) in [6.45, 7) is 0.0955. The van der Waals surface area contributed by atoms with Crippen molar-refractivity contribution >= 4 is 5.69 Å². The third-order valence-electron chi connectivity index (χ3n) is 1.62. The summed E-state index contributed by atoms with van der Waals surface area (Å²) in [5, 5.41) is 2.61. The third kappa shape index (κ3) is 3.38. The molecular formula is C9H12F2N2. The van der Waals surface area contributed by atoms with E-state index in [0.29, 0.717) is 12.2 Å². The lowest BCUT2D eigenvalue weighted by Gasteiger charge is -2.06. The molecule has 3 N–H and O–H groups in total. The molecule has 1 aromatic carbocycles. The highest BCUT2D eigenvalue weighted by Gasteiger charge is 2.01. The number of anilines is 1. The van der Waals surface area contributed by atoms with Gasteiger partial charge in [0.15, 0.2) is 0 Å². The van der Waals surface area contributed by atoms with Crippen LogP contribution in [-0.2, 0) is 6.54 Å². The lowest BCUT2D eigenvalue weighted by Crippen LogP contribution is -2.10. The van der Waals surface area contributed by atoms with Crippen LogP contribution in [0.3, 0.4) is 0 Å². The first-order chi connectivity index (χ1) is 6.22. The minimum Gasteiger partial charge on any atom is -0.379 e. The standard InChI is InChI=1S/C9H12F2N2/c10-9(11)6-13-8-3-1-2-7(4-8)5-12/h1-4,9,13H,5-6,12H2. The van der Waals surface area contributed by atoms with Crippen LogP contribution in [-0.4, -0.2) is 13.0 Å². The van der Waals surface area contributed by atoms with Crippen molar-refractivity contribution in [2.45, 2.75) is 13.0 Å². The lowest BCUT2D eigenvalue weighted by molar-refractivity contribution is 0.163. The van der Waals surface area contributed by atoms with Gasteiger partial charge in [0.25, 0.3) is 6.43 Å². The molecule has 0 saturated heterocycles. The number of halogens is 2. The number of benzene rings is 1. The van der Waals surface area contributed by atoms with Crippen molar-refractivity contribution < 1.29 is 8.78 Å². The fraction of sp³-hybridized carbons (Fsp3) is 0.333. The van der Waals surface area contributed by atoms with E-state index in [-0.39, 0.29) is 6.54 Å². The highest BCUT2D eigenvalue weighted by atomic mass is 19.3. The number of hydrogen-bond acceptors (Lipinski definition) is 2. The average molecular weight is 186 g/mol. The molecule has 2 nitrogen and oxygen atoms in total. The van der Waals surface area contributed by atoms with Crippen molar-refractivity contribution in [3.05, 3.63) is 29.8 Å². The molecule has 0 aliphatic rings. The zero-order chi connectivity index (χ0) is 9.68. The molecule has 1 rings (SSSR count). The maximum atomic E-state index is 11.8. The maximum absolute atomic E-state index is 11.8. The molecule has 0 fully saturated rings. The van der Waals surface area contributed by atoms with Crippen LogP contribution in [0.15, 0.2) is 24.3 Å². The average Bonchev–Trinajstić information content (AvgIpc) is 2.15. The minimum absolute atomic E-state index is 0.325. The molecule has 13 heavy (non-hydrogen) atoms. The van der Waals surface area contributed by atoms with Crippen LogP contribution in [0.2, 0.25) is 0 Å². The topological polar surface area (TPSA) is 38.0 Å². The molecular weight excluding hydrogens is 174 g/mol. The summed E-state index contributed by atoms with van der Waals surface area (Å²) in [7, 11) is 0. The Labute approximate surface area is 75.7 Å².